The van der Waals surface area contributed by atoms with Gasteiger partial charge in [0.05, 0.1) is 19.6 Å². The van der Waals surface area contributed by atoms with Gasteiger partial charge in [0, 0.05) is 25.3 Å². The number of rotatable bonds is 6. The van der Waals surface area contributed by atoms with Crippen molar-refractivity contribution < 1.29 is 14.3 Å². The van der Waals surface area contributed by atoms with E-state index in [1.165, 1.54) is 0 Å². The molecule has 0 saturated carbocycles. The maximum Gasteiger partial charge on any atom is 0.240 e. The van der Waals surface area contributed by atoms with E-state index in [1.54, 1.807) is 36.3 Å². The van der Waals surface area contributed by atoms with Gasteiger partial charge in [-0.05, 0) is 29.8 Å². The average Bonchev–Trinajstić information content (AvgIpc) is 2.66. The second-order valence-corrected chi connectivity index (χ2v) is 6.23. The van der Waals surface area contributed by atoms with Crippen LogP contribution in [0.4, 0.5) is 5.69 Å². The lowest BCUT2D eigenvalue weighted by Crippen LogP contribution is -2.55. The zero-order valence-corrected chi connectivity index (χ0v) is 14.8. The molecule has 26 heavy (non-hydrogen) atoms. The Balaban J connectivity index is 1.56. The third kappa shape index (κ3) is 4.61. The highest BCUT2D eigenvalue weighted by Gasteiger charge is 2.30. The van der Waals surface area contributed by atoms with E-state index in [-0.39, 0.29) is 18.2 Å². The van der Waals surface area contributed by atoms with E-state index in [2.05, 4.69) is 10.6 Å². The average molecular weight is 353 g/mol. The largest absolute Gasteiger partial charge is 0.497 e. The van der Waals surface area contributed by atoms with Crippen molar-refractivity contribution in [3.8, 4) is 5.75 Å². The Kier molecular flexibility index (Phi) is 5.86. The van der Waals surface area contributed by atoms with Crippen molar-refractivity contribution in [2.24, 2.45) is 0 Å². The summed E-state index contributed by atoms with van der Waals surface area (Å²) in [6, 6.07) is 16.5. The normalized spacial score (nSPS) is 17.0. The molecule has 0 aliphatic carbocycles. The van der Waals surface area contributed by atoms with Gasteiger partial charge in [-0.2, -0.15) is 0 Å². The molecular weight excluding hydrogens is 330 g/mol. The lowest BCUT2D eigenvalue weighted by molar-refractivity contribution is -0.138. The van der Waals surface area contributed by atoms with Crippen molar-refractivity contribution in [2.45, 2.75) is 19.0 Å². The Morgan fingerprint density at radius 3 is 2.62 bits per heavy atom. The number of piperazine rings is 1. The second kappa shape index (κ2) is 8.49. The van der Waals surface area contributed by atoms with Crippen molar-refractivity contribution in [3.63, 3.8) is 0 Å². The Morgan fingerprint density at radius 2 is 1.92 bits per heavy atom. The van der Waals surface area contributed by atoms with Crippen LogP contribution in [0.2, 0.25) is 0 Å². The summed E-state index contributed by atoms with van der Waals surface area (Å²) in [5, 5.41) is 5.97. The van der Waals surface area contributed by atoms with Crippen LogP contribution in [-0.4, -0.2) is 43.0 Å². The number of anilines is 1. The van der Waals surface area contributed by atoms with Gasteiger partial charge in [0.2, 0.25) is 11.8 Å². The molecule has 6 nitrogen and oxygen atoms in total. The van der Waals surface area contributed by atoms with E-state index in [0.717, 1.165) is 11.3 Å². The molecule has 0 bridgehead atoms. The molecule has 0 aromatic heterocycles. The standard InChI is InChI=1S/C20H23N3O3/c1-26-17-9-7-16(8-10-17)22-19(24)13-18-20(25)23(12-11-21-18)14-15-5-3-2-4-6-15/h2-10,18,21H,11-14H2,1H3,(H,22,24). The molecule has 1 unspecified atom stereocenters. The number of hydrogen-bond donors (Lipinski definition) is 2. The van der Waals surface area contributed by atoms with E-state index in [1.807, 2.05) is 30.3 Å². The Morgan fingerprint density at radius 1 is 1.19 bits per heavy atom. The van der Waals surface area contributed by atoms with Crippen molar-refractivity contribution in [2.75, 3.05) is 25.5 Å². The lowest BCUT2D eigenvalue weighted by atomic mass is 10.1. The summed E-state index contributed by atoms with van der Waals surface area (Å²) >= 11 is 0. The summed E-state index contributed by atoms with van der Waals surface area (Å²) in [7, 11) is 1.59. The molecule has 6 heteroatoms. The van der Waals surface area contributed by atoms with Crippen molar-refractivity contribution in [1.82, 2.24) is 10.2 Å². The fourth-order valence-electron chi connectivity index (χ4n) is 2.98. The fourth-order valence-corrected chi connectivity index (χ4v) is 2.98. The SMILES string of the molecule is COc1ccc(NC(=O)CC2NCCN(Cc3ccccc3)C2=O)cc1. The predicted molar refractivity (Wildman–Crippen MR) is 99.9 cm³/mol. The third-order valence-corrected chi connectivity index (χ3v) is 4.36. The first kappa shape index (κ1) is 17.9. The molecule has 1 heterocycles. The van der Waals surface area contributed by atoms with Crippen LogP contribution in [0, 0.1) is 0 Å². The number of nitrogens with zero attached hydrogens (tertiary/aromatic N) is 1. The molecule has 1 saturated heterocycles. The fraction of sp³-hybridized carbons (Fsp3) is 0.300. The number of carbonyl (C=O) groups excluding carboxylic acids is 2. The summed E-state index contributed by atoms with van der Waals surface area (Å²) in [6.07, 6.45) is 0.107. The minimum Gasteiger partial charge on any atom is -0.497 e. The zero-order chi connectivity index (χ0) is 18.4. The highest BCUT2D eigenvalue weighted by Crippen LogP contribution is 2.16. The van der Waals surface area contributed by atoms with Crippen LogP contribution in [-0.2, 0) is 16.1 Å². The van der Waals surface area contributed by atoms with Gasteiger partial charge >= 0.3 is 0 Å². The summed E-state index contributed by atoms with van der Waals surface area (Å²) in [4.78, 5) is 26.8. The van der Waals surface area contributed by atoms with Crippen LogP contribution in [0.25, 0.3) is 0 Å². The maximum atomic E-state index is 12.7. The molecule has 0 radical (unpaired) electrons. The highest BCUT2D eigenvalue weighted by molar-refractivity contribution is 5.95. The summed E-state index contributed by atoms with van der Waals surface area (Å²) in [6.45, 7) is 1.89. The Hall–Kier alpha value is -2.86. The molecule has 2 amide bonds. The van der Waals surface area contributed by atoms with Crippen LogP contribution < -0.4 is 15.4 Å². The minimum atomic E-state index is -0.495. The molecule has 1 atom stereocenters. The van der Waals surface area contributed by atoms with Gasteiger partial charge in [-0.15, -0.1) is 0 Å². The molecule has 136 valence electrons. The van der Waals surface area contributed by atoms with Gasteiger partial charge in [0.1, 0.15) is 5.75 Å². The predicted octanol–water partition coefficient (Wildman–Crippen LogP) is 2.02. The molecule has 1 fully saturated rings. The minimum absolute atomic E-state index is 0.0371. The van der Waals surface area contributed by atoms with Crippen LogP contribution in [0.5, 0.6) is 5.75 Å². The topological polar surface area (TPSA) is 70.7 Å². The van der Waals surface area contributed by atoms with Crippen molar-refractivity contribution in [3.05, 3.63) is 60.2 Å². The van der Waals surface area contributed by atoms with Crippen LogP contribution in [0.3, 0.4) is 0 Å². The number of carbonyl (C=O) groups is 2. The molecule has 2 aromatic rings. The quantitative estimate of drug-likeness (QED) is 0.834. The highest BCUT2D eigenvalue weighted by atomic mass is 16.5. The number of methoxy groups -OCH3 is 1. The van der Waals surface area contributed by atoms with Crippen LogP contribution in [0.15, 0.2) is 54.6 Å². The Labute approximate surface area is 153 Å². The first-order valence-electron chi connectivity index (χ1n) is 8.65. The van der Waals surface area contributed by atoms with Gasteiger partial charge in [0.15, 0.2) is 0 Å². The van der Waals surface area contributed by atoms with Gasteiger partial charge in [-0.25, -0.2) is 0 Å². The first-order valence-corrected chi connectivity index (χ1v) is 8.65. The maximum absolute atomic E-state index is 12.7. The van der Waals surface area contributed by atoms with Gasteiger partial charge in [-0.3, -0.25) is 9.59 Å². The smallest absolute Gasteiger partial charge is 0.240 e. The van der Waals surface area contributed by atoms with E-state index in [0.29, 0.717) is 25.3 Å². The zero-order valence-electron chi connectivity index (χ0n) is 14.8. The second-order valence-electron chi connectivity index (χ2n) is 6.23. The lowest BCUT2D eigenvalue weighted by Gasteiger charge is -2.33. The molecule has 0 spiro atoms. The number of hydrogen-bond acceptors (Lipinski definition) is 4. The van der Waals surface area contributed by atoms with E-state index < -0.39 is 6.04 Å². The molecule has 1 aliphatic heterocycles. The molecular formula is C20H23N3O3. The number of benzene rings is 2. The Bertz CT molecular complexity index is 747. The molecule has 2 aromatic carbocycles. The van der Waals surface area contributed by atoms with E-state index in [4.69, 9.17) is 4.74 Å². The number of amides is 2. The third-order valence-electron chi connectivity index (χ3n) is 4.36. The summed E-state index contributed by atoms with van der Waals surface area (Å²) < 4.78 is 5.10. The number of ether oxygens (including phenoxy) is 1. The molecule has 2 N–H and O–H groups in total. The molecule has 3 rings (SSSR count). The van der Waals surface area contributed by atoms with Crippen LogP contribution in [0.1, 0.15) is 12.0 Å². The van der Waals surface area contributed by atoms with Crippen LogP contribution >= 0.6 is 0 Å². The molecule has 1 aliphatic rings. The van der Waals surface area contributed by atoms with Gasteiger partial charge in [-0.1, -0.05) is 30.3 Å². The summed E-state index contributed by atoms with van der Waals surface area (Å²) in [5.41, 5.74) is 1.77. The summed E-state index contributed by atoms with van der Waals surface area (Å²) in [5.74, 6) is 0.497. The van der Waals surface area contributed by atoms with E-state index >= 15 is 0 Å². The van der Waals surface area contributed by atoms with E-state index in [9.17, 15) is 9.59 Å². The van der Waals surface area contributed by atoms with Gasteiger partial charge in [0.25, 0.3) is 0 Å². The number of nitrogens with one attached hydrogen (secondary N) is 2. The van der Waals surface area contributed by atoms with Crippen molar-refractivity contribution in [1.29, 1.82) is 0 Å². The monoisotopic (exact) mass is 353 g/mol. The van der Waals surface area contributed by atoms with Gasteiger partial charge < -0.3 is 20.3 Å². The van der Waals surface area contributed by atoms with Crippen molar-refractivity contribution >= 4 is 17.5 Å². The first-order chi connectivity index (χ1) is 12.7.